The molecule has 0 aliphatic rings. The second-order valence-electron chi connectivity index (χ2n) is 3.71. The fourth-order valence-corrected chi connectivity index (χ4v) is 1.48. The molecule has 0 aliphatic heterocycles. The first-order valence-electron chi connectivity index (χ1n) is 4.90. The predicted molar refractivity (Wildman–Crippen MR) is 63.3 cm³/mol. The fraction of sp³-hybridized carbons (Fsp3) is 0.364. The molecular weight excluding hydrogens is 274 g/mol. The van der Waals surface area contributed by atoms with Crippen molar-refractivity contribution in [3.8, 4) is 5.75 Å². The Morgan fingerprint density at radius 2 is 1.94 bits per heavy atom. The summed E-state index contributed by atoms with van der Waals surface area (Å²) in [7, 11) is 0. The molecule has 0 spiro atoms. The number of hydroxylamine groups is 1. The van der Waals surface area contributed by atoms with E-state index in [2.05, 4.69) is 15.9 Å². The van der Waals surface area contributed by atoms with Crippen molar-refractivity contribution in [2.45, 2.75) is 20.0 Å². The zero-order valence-electron chi connectivity index (χ0n) is 9.11. The van der Waals surface area contributed by atoms with Crippen LogP contribution in [0.15, 0.2) is 28.7 Å². The van der Waals surface area contributed by atoms with Crippen LogP contribution in [0.25, 0.3) is 0 Å². The number of hydrogen-bond acceptors (Lipinski definition) is 3. The average molecular weight is 288 g/mol. The highest BCUT2D eigenvalue weighted by Crippen LogP contribution is 2.19. The van der Waals surface area contributed by atoms with Crippen LogP contribution >= 0.6 is 15.9 Å². The Hall–Kier alpha value is -1.07. The molecule has 0 saturated heterocycles. The highest BCUT2D eigenvalue weighted by molar-refractivity contribution is 9.10. The lowest BCUT2D eigenvalue weighted by Crippen LogP contribution is -2.40. The van der Waals surface area contributed by atoms with Gasteiger partial charge in [-0.25, -0.2) is 5.48 Å². The smallest absolute Gasteiger partial charge is 0.284 e. The average Bonchev–Trinajstić information content (AvgIpc) is 2.27. The van der Waals surface area contributed by atoms with Crippen LogP contribution in [0.4, 0.5) is 0 Å². The van der Waals surface area contributed by atoms with Crippen LogP contribution in [0.5, 0.6) is 5.75 Å². The van der Waals surface area contributed by atoms with Crippen molar-refractivity contribution in [1.29, 1.82) is 0 Å². The Labute approximate surface area is 103 Å². The standard InChI is InChI=1S/C11H14BrNO3/c1-7(2)10(11(14)13-15)16-9-5-3-8(12)4-6-9/h3-7,10,15H,1-2H3,(H,13,14)/t10-/m0/s1. The van der Waals surface area contributed by atoms with Gasteiger partial charge in [-0.3, -0.25) is 10.0 Å². The number of carbonyl (C=O) groups excluding carboxylic acids is 1. The van der Waals surface area contributed by atoms with E-state index in [0.717, 1.165) is 4.47 Å². The van der Waals surface area contributed by atoms with Gasteiger partial charge < -0.3 is 4.74 Å². The molecule has 16 heavy (non-hydrogen) atoms. The third-order valence-corrected chi connectivity index (χ3v) is 2.58. The zero-order chi connectivity index (χ0) is 12.1. The third-order valence-electron chi connectivity index (χ3n) is 2.05. The molecule has 0 aliphatic carbocycles. The number of benzene rings is 1. The summed E-state index contributed by atoms with van der Waals surface area (Å²) in [6.07, 6.45) is -0.703. The van der Waals surface area contributed by atoms with E-state index in [1.54, 1.807) is 17.6 Å². The summed E-state index contributed by atoms with van der Waals surface area (Å²) in [4.78, 5) is 11.3. The summed E-state index contributed by atoms with van der Waals surface area (Å²) < 4.78 is 6.43. The van der Waals surface area contributed by atoms with Gasteiger partial charge >= 0.3 is 0 Å². The molecule has 2 N–H and O–H groups in total. The fourth-order valence-electron chi connectivity index (χ4n) is 1.22. The van der Waals surface area contributed by atoms with Crippen molar-refractivity contribution >= 4 is 21.8 Å². The van der Waals surface area contributed by atoms with E-state index in [9.17, 15) is 4.79 Å². The van der Waals surface area contributed by atoms with Crippen LogP contribution in [0.1, 0.15) is 13.8 Å². The summed E-state index contributed by atoms with van der Waals surface area (Å²) in [6.45, 7) is 3.69. The second kappa shape index (κ2) is 5.86. The summed E-state index contributed by atoms with van der Waals surface area (Å²) in [5.41, 5.74) is 1.60. The summed E-state index contributed by atoms with van der Waals surface area (Å²) in [5.74, 6) is 0.0132. The molecule has 1 rings (SSSR count). The van der Waals surface area contributed by atoms with Gasteiger partial charge in [0.25, 0.3) is 5.91 Å². The molecule has 0 heterocycles. The van der Waals surface area contributed by atoms with Crippen molar-refractivity contribution in [2.75, 3.05) is 0 Å². The van der Waals surface area contributed by atoms with Crippen LogP contribution in [-0.4, -0.2) is 17.2 Å². The van der Waals surface area contributed by atoms with Crippen molar-refractivity contribution in [1.82, 2.24) is 5.48 Å². The SMILES string of the molecule is CC(C)[C@H](Oc1ccc(Br)cc1)C(=O)NO. The molecule has 88 valence electrons. The van der Waals surface area contributed by atoms with Gasteiger partial charge in [0.2, 0.25) is 0 Å². The Bertz CT molecular complexity index is 351. The Morgan fingerprint density at radius 1 is 1.38 bits per heavy atom. The molecule has 1 aromatic rings. The third kappa shape index (κ3) is 3.50. The Balaban J connectivity index is 2.75. The molecule has 0 radical (unpaired) electrons. The minimum atomic E-state index is -0.703. The first kappa shape index (κ1) is 13.0. The number of carbonyl (C=O) groups is 1. The molecule has 0 fully saturated rings. The molecule has 1 aromatic carbocycles. The highest BCUT2D eigenvalue weighted by Gasteiger charge is 2.23. The lowest BCUT2D eigenvalue weighted by Gasteiger charge is -2.20. The molecule has 0 aromatic heterocycles. The van der Waals surface area contributed by atoms with Crippen LogP contribution in [0.2, 0.25) is 0 Å². The maximum Gasteiger partial charge on any atom is 0.284 e. The van der Waals surface area contributed by atoms with E-state index in [1.807, 2.05) is 26.0 Å². The predicted octanol–water partition coefficient (Wildman–Crippen LogP) is 2.36. The molecule has 0 saturated carbocycles. The summed E-state index contributed by atoms with van der Waals surface area (Å²) in [6, 6.07) is 7.15. The normalized spacial score (nSPS) is 12.3. The molecule has 1 amide bonds. The number of rotatable bonds is 4. The number of ether oxygens (including phenoxy) is 1. The monoisotopic (exact) mass is 287 g/mol. The minimum absolute atomic E-state index is 0.0317. The number of amides is 1. The van der Waals surface area contributed by atoms with Crippen LogP contribution in [0.3, 0.4) is 0 Å². The number of nitrogens with one attached hydrogen (secondary N) is 1. The summed E-state index contributed by atoms with van der Waals surface area (Å²) >= 11 is 3.31. The second-order valence-corrected chi connectivity index (χ2v) is 4.63. The van der Waals surface area contributed by atoms with E-state index < -0.39 is 12.0 Å². The maximum atomic E-state index is 11.3. The van der Waals surface area contributed by atoms with Crippen molar-refractivity contribution in [3.05, 3.63) is 28.7 Å². The van der Waals surface area contributed by atoms with Gasteiger partial charge in [0.1, 0.15) is 5.75 Å². The van der Waals surface area contributed by atoms with Gasteiger partial charge in [0, 0.05) is 4.47 Å². The van der Waals surface area contributed by atoms with E-state index in [4.69, 9.17) is 9.94 Å². The largest absolute Gasteiger partial charge is 0.480 e. The van der Waals surface area contributed by atoms with Crippen LogP contribution < -0.4 is 10.2 Å². The zero-order valence-corrected chi connectivity index (χ0v) is 10.7. The van der Waals surface area contributed by atoms with Crippen molar-refractivity contribution in [2.24, 2.45) is 5.92 Å². The van der Waals surface area contributed by atoms with E-state index in [1.165, 1.54) is 0 Å². The van der Waals surface area contributed by atoms with Gasteiger partial charge in [-0.05, 0) is 30.2 Å². The van der Waals surface area contributed by atoms with Gasteiger partial charge in [-0.2, -0.15) is 0 Å². The van der Waals surface area contributed by atoms with E-state index in [-0.39, 0.29) is 5.92 Å². The summed E-state index contributed by atoms with van der Waals surface area (Å²) in [5, 5.41) is 8.59. The molecule has 4 nitrogen and oxygen atoms in total. The lowest BCUT2D eigenvalue weighted by atomic mass is 10.1. The van der Waals surface area contributed by atoms with Crippen molar-refractivity contribution < 1.29 is 14.7 Å². The molecule has 0 bridgehead atoms. The van der Waals surface area contributed by atoms with Crippen molar-refractivity contribution in [3.63, 3.8) is 0 Å². The highest BCUT2D eigenvalue weighted by atomic mass is 79.9. The molecular formula is C11H14BrNO3. The van der Waals surface area contributed by atoms with E-state index in [0.29, 0.717) is 5.75 Å². The van der Waals surface area contributed by atoms with Crippen LogP contribution in [0, 0.1) is 5.92 Å². The minimum Gasteiger partial charge on any atom is -0.480 e. The van der Waals surface area contributed by atoms with Crippen LogP contribution in [-0.2, 0) is 4.79 Å². The first-order chi connectivity index (χ1) is 7.54. The quantitative estimate of drug-likeness (QED) is 0.660. The topological polar surface area (TPSA) is 58.6 Å². The number of halogens is 1. The Morgan fingerprint density at radius 3 is 2.38 bits per heavy atom. The lowest BCUT2D eigenvalue weighted by molar-refractivity contribution is -0.138. The van der Waals surface area contributed by atoms with Gasteiger partial charge in [0.05, 0.1) is 0 Å². The maximum absolute atomic E-state index is 11.3. The molecule has 0 unspecified atom stereocenters. The van der Waals surface area contributed by atoms with Gasteiger partial charge in [0.15, 0.2) is 6.10 Å². The molecule has 1 atom stereocenters. The number of hydrogen-bond donors (Lipinski definition) is 2. The van der Waals surface area contributed by atoms with E-state index >= 15 is 0 Å². The van der Waals surface area contributed by atoms with Gasteiger partial charge in [-0.15, -0.1) is 0 Å². The molecule has 5 heteroatoms. The first-order valence-corrected chi connectivity index (χ1v) is 5.70. The van der Waals surface area contributed by atoms with Gasteiger partial charge in [-0.1, -0.05) is 29.8 Å². The Kier molecular flexibility index (Phi) is 4.76.